The van der Waals surface area contributed by atoms with E-state index in [1.54, 1.807) is 20.8 Å². The van der Waals surface area contributed by atoms with Gasteiger partial charge in [-0.3, -0.25) is 0 Å². The van der Waals surface area contributed by atoms with Crippen molar-refractivity contribution in [3.8, 4) is 0 Å². The molecule has 6 heteroatoms. The third-order valence-corrected chi connectivity index (χ3v) is 2.93. The van der Waals surface area contributed by atoms with Crippen LogP contribution in [0.4, 0.5) is 4.79 Å². The van der Waals surface area contributed by atoms with Crippen molar-refractivity contribution in [3.05, 3.63) is 0 Å². The summed E-state index contributed by atoms with van der Waals surface area (Å²) in [6, 6.07) is -0.876. The van der Waals surface area contributed by atoms with Crippen LogP contribution in [0.25, 0.3) is 0 Å². The van der Waals surface area contributed by atoms with Crippen LogP contribution in [0.5, 0.6) is 0 Å². The van der Waals surface area contributed by atoms with Crippen molar-refractivity contribution in [2.24, 2.45) is 0 Å². The number of nitrogens with one attached hydrogen (secondary N) is 1. The molecule has 1 atom stereocenters. The fourth-order valence-electron chi connectivity index (χ4n) is 1.50. The van der Waals surface area contributed by atoms with Gasteiger partial charge in [-0.1, -0.05) is 35.2 Å². The molecule has 19 heavy (non-hydrogen) atoms. The number of carbonyl (C=O) groups excluding carboxylic acids is 1. The van der Waals surface area contributed by atoms with Crippen molar-refractivity contribution < 1.29 is 19.4 Å². The molecule has 2 N–H and O–H groups in total. The van der Waals surface area contributed by atoms with E-state index < -0.39 is 23.7 Å². The number of carbonyl (C=O) groups is 2. The Bertz CT molecular complexity index is 289. The number of unbranched alkanes of at least 4 members (excludes halogenated alkanes) is 3. The highest BCUT2D eigenvalue weighted by Crippen LogP contribution is 2.10. The number of aliphatic carboxylic acids is 1. The summed E-state index contributed by atoms with van der Waals surface area (Å²) < 4.78 is 5.04. The summed E-state index contributed by atoms with van der Waals surface area (Å²) in [5.41, 5.74) is -0.622. The lowest BCUT2D eigenvalue weighted by Gasteiger charge is -2.22. The van der Waals surface area contributed by atoms with Crippen LogP contribution >= 0.6 is 15.9 Å². The lowest BCUT2D eigenvalue weighted by Crippen LogP contribution is -2.43. The number of carboxylic acids is 1. The summed E-state index contributed by atoms with van der Waals surface area (Å²) in [6.07, 6.45) is 3.63. The molecule has 1 amide bonds. The topological polar surface area (TPSA) is 75.6 Å². The van der Waals surface area contributed by atoms with E-state index in [1.807, 2.05) is 0 Å². The van der Waals surface area contributed by atoms with E-state index >= 15 is 0 Å². The second-order valence-corrected chi connectivity index (χ2v) is 6.22. The lowest BCUT2D eigenvalue weighted by atomic mass is 10.1. The number of hydrogen-bond acceptors (Lipinski definition) is 3. The van der Waals surface area contributed by atoms with Crippen molar-refractivity contribution in [1.29, 1.82) is 0 Å². The van der Waals surface area contributed by atoms with Gasteiger partial charge in [-0.15, -0.1) is 0 Å². The molecule has 0 aromatic carbocycles. The molecule has 112 valence electrons. The van der Waals surface area contributed by atoms with Gasteiger partial charge in [0.05, 0.1) is 0 Å². The molecule has 0 aliphatic carbocycles. The normalized spacial score (nSPS) is 12.8. The Labute approximate surface area is 123 Å². The SMILES string of the molecule is CC(C)(C)OC(=O)N[C@@H](CCCCCCBr)C(=O)O. The third kappa shape index (κ3) is 10.8. The van der Waals surface area contributed by atoms with Crippen LogP contribution in [0.15, 0.2) is 0 Å². The monoisotopic (exact) mass is 337 g/mol. The highest BCUT2D eigenvalue weighted by Gasteiger charge is 2.23. The summed E-state index contributed by atoms with van der Waals surface area (Å²) in [6.45, 7) is 5.22. The van der Waals surface area contributed by atoms with E-state index in [1.165, 1.54) is 0 Å². The summed E-state index contributed by atoms with van der Waals surface area (Å²) >= 11 is 3.35. The fourth-order valence-corrected chi connectivity index (χ4v) is 1.90. The number of carboxylic acid groups (broad SMARTS) is 1. The first-order valence-corrected chi connectivity index (χ1v) is 7.66. The first kappa shape index (κ1) is 18.2. The highest BCUT2D eigenvalue weighted by atomic mass is 79.9. The molecule has 0 aromatic rings. The average Bonchev–Trinajstić information content (AvgIpc) is 2.24. The third-order valence-electron chi connectivity index (χ3n) is 2.37. The highest BCUT2D eigenvalue weighted by molar-refractivity contribution is 9.09. The zero-order valence-corrected chi connectivity index (χ0v) is 13.5. The molecule has 0 bridgehead atoms. The van der Waals surface area contributed by atoms with E-state index in [4.69, 9.17) is 9.84 Å². The standard InChI is InChI=1S/C13H24BrNO4/c1-13(2,3)19-12(18)15-10(11(16)17)8-6-4-5-7-9-14/h10H,4-9H2,1-3H3,(H,15,18)(H,16,17)/t10-/m0/s1. The Hall–Kier alpha value is -0.780. The molecule has 5 nitrogen and oxygen atoms in total. The molecule has 0 aliphatic heterocycles. The molecular weight excluding hydrogens is 314 g/mol. The van der Waals surface area contributed by atoms with Crippen LogP contribution in [0.3, 0.4) is 0 Å². The maximum absolute atomic E-state index is 11.5. The predicted octanol–water partition coefficient (Wildman–Crippen LogP) is 3.31. The largest absolute Gasteiger partial charge is 0.480 e. The molecule has 0 heterocycles. The number of halogens is 1. The van der Waals surface area contributed by atoms with Crippen molar-refractivity contribution in [3.63, 3.8) is 0 Å². The van der Waals surface area contributed by atoms with Gasteiger partial charge in [0, 0.05) is 5.33 Å². The first-order chi connectivity index (χ1) is 8.76. The van der Waals surface area contributed by atoms with Gasteiger partial charge in [0.15, 0.2) is 0 Å². The summed E-state index contributed by atoms with van der Waals surface area (Å²) in [5.74, 6) is -1.02. The van der Waals surface area contributed by atoms with Gasteiger partial charge in [-0.2, -0.15) is 0 Å². The molecule has 0 aromatic heterocycles. The zero-order chi connectivity index (χ0) is 14.9. The lowest BCUT2D eigenvalue weighted by molar-refractivity contribution is -0.139. The van der Waals surface area contributed by atoms with Crippen LogP contribution in [-0.4, -0.2) is 34.1 Å². The van der Waals surface area contributed by atoms with E-state index in [0.29, 0.717) is 6.42 Å². The van der Waals surface area contributed by atoms with Gasteiger partial charge < -0.3 is 15.2 Å². The van der Waals surface area contributed by atoms with Gasteiger partial charge in [-0.05, 0) is 33.6 Å². The van der Waals surface area contributed by atoms with Crippen LogP contribution in [0.1, 0.15) is 52.9 Å². The number of rotatable bonds is 8. The summed E-state index contributed by atoms with van der Waals surface area (Å²) in [5, 5.41) is 12.4. The number of alkyl carbamates (subject to hydrolysis) is 1. The van der Waals surface area contributed by atoms with E-state index in [9.17, 15) is 9.59 Å². The van der Waals surface area contributed by atoms with Gasteiger partial charge in [-0.25, -0.2) is 9.59 Å². The molecule has 0 aliphatic rings. The minimum Gasteiger partial charge on any atom is -0.480 e. The zero-order valence-electron chi connectivity index (χ0n) is 11.9. The smallest absolute Gasteiger partial charge is 0.408 e. The Kier molecular flexibility index (Phi) is 8.80. The second-order valence-electron chi connectivity index (χ2n) is 5.43. The molecule has 0 rings (SSSR count). The fraction of sp³-hybridized carbons (Fsp3) is 0.846. The molecule has 0 saturated carbocycles. The second kappa shape index (κ2) is 9.18. The van der Waals surface area contributed by atoms with Crippen LogP contribution in [0.2, 0.25) is 0 Å². The van der Waals surface area contributed by atoms with Crippen LogP contribution in [0, 0.1) is 0 Å². The van der Waals surface area contributed by atoms with Gasteiger partial charge in [0.2, 0.25) is 0 Å². The molecule has 0 radical (unpaired) electrons. The first-order valence-electron chi connectivity index (χ1n) is 6.54. The van der Waals surface area contributed by atoms with Crippen LogP contribution < -0.4 is 5.32 Å². The van der Waals surface area contributed by atoms with Crippen molar-refractivity contribution in [2.75, 3.05) is 5.33 Å². The van der Waals surface area contributed by atoms with Gasteiger partial charge in [0.25, 0.3) is 0 Å². The Morgan fingerprint density at radius 1 is 1.21 bits per heavy atom. The van der Waals surface area contributed by atoms with E-state index in [0.717, 1.165) is 31.0 Å². The molecular formula is C13H24BrNO4. The minimum atomic E-state index is -1.02. The van der Waals surface area contributed by atoms with E-state index in [2.05, 4.69) is 21.2 Å². The van der Waals surface area contributed by atoms with Gasteiger partial charge >= 0.3 is 12.1 Å². The average molecular weight is 338 g/mol. The molecule has 0 fully saturated rings. The molecule has 0 unspecified atom stereocenters. The number of ether oxygens (including phenoxy) is 1. The molecule has 0 spiro atoms. The predicted molar refractivity (Wildman–Crippen MR) is 77.7 cm³/mol. The van der Waals surface area contributed by atoms with Crippen molar-refractivity contribution in [1.82, 2.24) is 5.32 Å². The quantitative estimate of drug-likeness (QED) is 0.526. The summed E-state index contributed by atoms with van der Waals surface area (Å²) in [7, 11) is 0. The molecule has 0 saturated heterocycles. The van der Waals surface area contributed by atoms with Crippen molar-refractivity contribution in [2.45, 2.75) is 64.5 Å². The Morgan fingerprint density at radius 2 is 1.79 bits per heavy atom. The maximum Gasteiger partial charge on any atom is 0.408 e. The minimum absolute atomic E-state index is 0.427. The summed E-state index contributed by atoms with van der Waals surface area (Å²) in [4.78, 5) is 22.5. The maximum atomic E-state index is 11.5. The number of alkyl halides is 1. The Morgan fingerprint density at radius 3 is 2.26 bits per heavy atom. The van der Waals surface area contributed by atoms with Crippen molar-refractivity contribution >= 4 is 28.0 Å². The number of hydrogen-bond donors (Lipinski definition) is 2. The number of amides is 1. The van der Waals surface area contributed by atoms with E-state index in [-0.39, 0.29) is 0 Å². The van der Waals surface area contributed by atoms with Gasteiger partial charge in [0.1, 0.15) is 11.6 Å². The Balaban J connectivity index is 4.05. The van der Waals surface area contributed by atoms with Crippen LogP contribution in [-0.2, 0) is 9.53 Å².